The second kappa shape index (κ2) is 8.42. The molecule has 1 aromatic carbocycles. The average Bonchev–Trinajstić information content (AvgIpc) is 2.68. The molecular formula is C22H32N2O3. The first-order valence-corrected chi connectivity index (χ1v) is 10.1. The van der Waals surface area contributed by atoms with Crippen LogP contribution in [0.3, 0.4) is 0 Å². The van der Waals surface area contributed by atoms with E-state index in [-0.39, 0.29) is 29.1 Å². The Morgan fingerprint density at radius 1 is 1.00 bits per heavy atom. The Bertz CT molecular complexity index is 666. The number of para-hydroxylation sites is 1. The van der Waals surface area contributed by atoms with Crippen LogP contribution in [0.5, 0.6) is 0 Å². The molecule has 148 valence electrons. The monoisotopic (exact) mass is 372 g/mol. The van der Waals surface area contributed by atoms with E-state index in [9.17, 15) is 9.59 Å². The number of benzene rings is 1. The highest BCUT2D eigenvalue weighted by atomic mass is 16.5. The van der Waals surface area contributed by atoms with Gasteiger partial charge in [0.25, 0.3) is 0 Å². The van der Waals surface area contributed by atoms with Crippen molar-refractivity contribution in [1.29, 1.82) is 0 Å². The molecule has 0 bridgehead atoms. The summed E-state index contributed by atoms with van der Waals surface area (Å²) in [6, 6.07) is 8.03. The molecule has 1 saturated heterocycles. The Balaban J connectivity index is 1.55. The molecule has 3 rings (SSSR count). The van der Waals surface area contributed by atoms with Gasteiger partial charge in [0.1, 0.15) is 0 Å². The van der Waals surface area contributed by atoms with Gasteiger partial charge in [0.2, 0.25) is 11.8 Å². The van der Waals surface area contributed by atoms with Crippen LogP contribution in [0.1, 0.15) is 52.0 Å². The number of ether oxygens (including phenoxy) is 1. The fourth-order valence-electron chi connectivity index (χ4n) is 4.13. The summed E-state index contributed by atoms with van der Waals surface area (Å²) in [5.41, 5.74) is 2.03. The van der Waals surface area contributed by atoms with Crippen LogP contribution >= 0.6 is 0 Å². The third-order valence-corrected chi connectivity index (χ3v) is 5.76. The quantitative estimate of drug-likeness (QED) is 0.882. The molecule has 2 amide bonds. The van der Waals surface area contributed by atoms with Crippen LogP contribution in [-0.4, -0.2) is 43.0 Å². The Hall–Kier alpha value is -1.88. The Kier molecular flexibility index (Phi) is 6.20. The SMILES string of the molecule is CC(C)(C)c1ccccc1NC(=O)C1CCC(C(=O)N2CCOCC2)CC1. The molecule has 0 radical (unpaired) electrons. The van der Waals surface area contributed by atoms with E-state index in [0.29, 0.717) is 26.3 Å². The molecule has 5 nitrogen and oxygen atoms in total. The molecule has 27 heavy (non-hydrogen) atoms. The van der Waals surface area contributed by atoms with Gasteiger partial charge >= 0.3 is 0 Å². The lowest BCUT2D eigenvalue weighted by atomic mass is 9.80. The largest absolute Gasteiger partial charge is 0.378 e. The minimum Gasteiger partial charge on any atom is -0.378 e. The topological polar surface area (TPSA) is 58.6 Å². The minimum absolute atomic E-state index is 0.00763. The van der Waals surface area contributed by atoms with Crippen molar-refractivity contribution in [3.63, 3.8) is 0 Å². The summed E-state index contributed by atoms with van der Waals surface area (Å²) in [6.45, 7) is 9.13. The summed E-state index contributed by atoms with van der Waals surface area (Å²) in [6.07, 6.45) is 3.17. The van der Waals surface area contributed by atoms with Gasteiger partial charge in [-0.05, 0) is 42.7 Å². The van der Waals surface area contributed by atoms with E-state index in [1.54, 1.807) is 0 Å². The van der Waals surface area contributed by atoms with E-state index < -0.39 is 0 Å². The second-order valence-corrected chi connectivity index (χ2v) is 8.77. The fraction of sp³-hybridized carbons (Fsp3) is 0.636. The number of carbonyl (C=O) groups excluding carboxylic acids is 2. The first-order valence-electron chi connectivity index (χ1n) is 10.1. The lowest BCUT2D eigenvalue weighted by molar-refractivity contribution is -0.141. The summed E-state index contributed by atoms with van der Waals surface area (Å²) in [5.74, 6) is 0.389. The molecule has 1 aliphatic carbocycles. The van der Waals surface area contributed by atoms with Crippen molar-refractivity contribution in [1.82, 2.24) is 4.90 Å². The summed E-state index contributed by atoms with van der Waals surface area (Å²) in [7, 11) is 0. The molecule has 1 N–H and O–H groups in total. The van der Waals surface area contributed by atoms with Gasteiger partial charge < -0.3 is 15.0 Å². The van der Waals surface area contributed by atoms with Gasteiger partial charge in [0.15, 0.2) is 0 Å². The van der Waals surface area contributed by atoms with Crippen molar-refractivity contribution in [2.45, 2.75) is 51.9 Å². The first kappa shape index (κ1) is 19.9. The number of morpholine rings is 1. The molecule has 1 aliphatic heterocycles. The summed E-state index contributed by atoms with van der Waals surface area (Å²) < 4.78 is 5.33. The molecule has 0 unspecified atom stereocenters. The van der Waals surface area contributed by atoms with E-state index in [0.717, 1.165) is 36.9 Å². The van der Waals surface area contributed by atoms with E-state index in [4.69, 9.17) is 4.74 Å². The van der Waals surface area contributed by atoms with Crippen LogP contribution in [0.4, 0.5) is 5.69 Å². The van der Waals surface area contributed by atoms with Crippen molar-refractivity contribution < 1.29 is 14.3 Å². The molecule has 2 fully saturated rings. The highest BCUT2D eigenvalue weighted by Crippen LogP contribution is 2.33. The number of nitrogens with zero attached hydrogens (tertiary/aromatic N) is 1. The minimum atomic E-state index is -0.0217. The number of hydrogen-bond acceptors (Lipinski definition) is 3. The van der Waals surface area contributed by atoms with Gasteiger partial charge in [0, 0.05) is 30.6 Å². The molecular weight excluding hydrogens is 340 g/mol. The van der Waals surface area contributed by atoms with E-state index >= 15 is 0 Å². The predicted octanol–water partition coefficient (Wildman–Crippen LogP) is 3.59. The lowest BCUT2D eigenvalue weighted by Gasteiger charge is -2.33. The normalized spacial score (nSPS) is 23.7. The third-order valence-electron chi connectivity index (χ3n) is 5.76. The fourth-order valence-corrected chi connectivity index (χ4v) is 4.13. The average molecular weight is 373 g/mol. The summed E-state index contributed by atoms with van der Waals surface area (Å²) in [4.78, 5) is 27.4. The van der Waals surface area contributed by atoms with E-state index in [1.165, 1.54) is 0 Å². The second-order valence-electron chi connectivity index (χ2n) is 8.77. The molecule has 2 aliphatic rings. The van der Waals surface area contributed by atoms with Gasteiger partial charge in [-0.15, -0.1) is 0 Å². The van der Waals surface area contributed by atoms with E-state index in [1.807, 2.05) is 23.1 Å². The van der Waals surface area contributed by atoms with E-state index in [2.05, 4.69) is 32.2 Å². The van der Waals surface area contributed by atoms with Crippen molar-refractivity contribution >= 4 is 17.5 Å². The van der Waals surface area contributed by atoms with Crippen LogP contribution in [0, 0.1) is 11.8 Å². The molecule has 0 aromatic heterocycles. The standard InChI is InChI=1S/C22H32N2O3/c1-22(2,3)18-6-4-5-7-19(18)23-20(25)16-8-10-17(11-9-16)21(26)24-12-14-27-15-13-24/h4-7,16-17H,8-15H2,1-3H3,(H,23,25). The lowest BCUT2D eigenvalue weighted by Crippen LogP contribution is -2.44. The van der Waals surface area contributed by atoms with Crippen LogP contribution in [0.15, 0.2) is 24.3 Å². The maximum absolute atomic E-state index is 12.8. The summed E-state index contributed by atoms with van der Waals surface area (Å²) in [5, 5.41) is 3.14. The number of amides is 2. The van der Waals surface area contributed by atoms with Crippen LogP contribution < -0.4 is 5.32 Å². The number of anilines is 1. The zero-order valence-corrected chi connectivity index (χ0v) is 16.8. The van der Waals surface area contributed by atoms with Gasteiger partial charge in [-0.1, -0.05) is 39.0 Å². The molecule has 1 saturated carbocycles. The first-order chi connectivity index (χ1) is 12.9. The van der Waals surface area contributed by atoms with Gasteiger partial charge in [-0.25, -0.2) is 0 Å². The van der Waals surface area contributed by atoms with Crippen LogP contribution in [0.25, 0.3) is 0 Å². The van der Waals surface area contributed by atoms with Gasteiger partial charge in [0.05, 0.1) is 13.2 Å². The molecule has 0 atom stereocenters. The molecule has 0 spiro atoms. The number of carbonyl (C=O) groups is 2. The number of hydrogen-bond donors (Lipinski definition) is 1. The Morgan fingerprint density at radius 3 is 2.22 bits per heavy atom. The van der Waals surface area contributed by atoms with Crippen molar-refractivity contribution in [2.75, 3.05) is 31.6 Å². The van der Waals surface area contributed by atoms with Crippen LogP contribution in [-0.2, 0) is 19.7 Å². The van der Waals surface area contributed by atoms with Crippen molar-refractivity contribution in [2.24, 2.45) is 11.8 Å². The number of rotatable bonds is 3. The number of nitrogens with one attached hydrogen (secondary N) is 1. The van der Waals surface area contributed by atoms with Crippen LogP contribution in [0.2, 0.25) is 0 Å². The van der Waals surface area contributed by atoms with Gasteiger partial charge in [-0.2, -0.15) is 0 Å². The molecule has 1 aromatic rings. The molecule has 1 heterocycles. The Labute approximate surface area is 162 Å². The highest BCUT2D eigenvalue weighted by Gasteiger charge is 2.33. The zero-order chi connectivity index (χ0) is 19.4. The predicted molar refractivity (Wildman–Crippen MR) is 107 cm³/mol. The van der Waals surface area contributed by atoms with Crippen molar-refractivity contribution in [3.05, 3.63) is 29.8 Å². The maximum Gasteiger partial charge on any atom is 0.227 e. The summed E-state index contributed by atoms with van der Waals surface area (Å²) >= 11 is 0. The molecule has 5 heteroatoms. The highest BCUT2D eigenvalue weighted by molar-refractivity contribution is 5.93. The third kappa shape index (κ3) is 4.89. The van der Waals surface area contributed by atoms with Crippen molar-refractivity contribution in [3.8, 4) is 0 Å². The Morgan fingerprint density at radius 2 is 1.59 bits per heavy atom. The maximum atomic E-state index is 12.8. The zero-order valence-electron chi connectivity index (χ0n) is 16.8. The smallest absolute Gasteiger partial charge is 0.227 e. The van der Waals surface area contributed by atoms with Gasteiger partial charge in [-0.3, -0.25) is 9.59 Å².